The average Bonchev–Trinajstić information content (AvgIpc) is 2.69. The highest BCUT2D eigenvalue weighted by molar-refractivity contribution is 5.21. The predicted molar refractivity (Wildman–Crippen MR) is 55.3 cm³/mol. The van der Waals surface area contributed by atoms with Gasteiger partial charge in [-0.15, -0.1) is 0 Å². The van der Waals surface area contributed by atoms with Crippen LogP contribution in [0, 0.1) is 17.8 Å². The second-order valence-electron chi connectivity index (χ2n) is 4.27. The normalized spacial score (nSPS) is 33.9. The molecule has 1 heterocycles. The number of hydrogen-bond donors (Lipinski definition) is 1. The van der Waals surface area contributed by atoms with Crippen LogP contribution in [0.4, 0.5) is 0 Å². The van der Waals surface area contributed by atoms with E-state index in [0.29, 0.717) is 0 Å². The zero-order chi connectivity index (χ0) is 9.38. The Bertz CT molecular complexity index is 301. The van der Waals surface area contributed by atoms with Crippen molar-refractivity contribution < 1.29 is 4.74 Å². The molecule has 0 radical (unpaired) electrons. The Hall–Kier alpha value is -1.02. The molecule has 1 saturated carbocycles. The molecule has 0 bridgehead atoms. The molecule has 14 heavy (non-hydrogen) atoms. The highest BCUT2D eigenvalue weighted by atomic mass is 16.5. The molecule has 1 aliphatic heterocycles. The van der Waals surface area contributed by atoms with Crippen LogP contribution in [0.2, 0.25) is 0 Å². The van der Waals surface area contributed by atoms with Crippen LogP contribution in [-0.2, 0) is 0 Å². The molecule has 2 unspecified atom stereocenters. The summed E-state index contributed by atoms with van der Waals surface area (Å²) in [6.45, 7) is 3.31. The largest absolute Gasteiger partial charge is 0.493 e. The lowest BCUT2D eigenvalue weighted by molar-refractivity contribution is 0.280. The van der Waals surface area contributed by atoms with Crippen molar-refractivity contribution in [3.63, 3.8) is 0 Å². The minimum Gasteiger partial charge on any atom is -0.493 e. The van der Waals surface area contributed by atoms with Gasteiger partial charge in [-0.1, -0.05) is 18.2 Å². The van der Waals surface area contributed by atoms with Crippen molar-refractivity contribution in [1.29, 1.82) is 0 Å². The van der Waals surface area contributed by atoms with Crippen molar-refractivity contribution in [3.05, 3.63) is 30.3 Å². The number of ether oxygens (including phenoxy) is 1. The highest BCUT2D eigenvalue weighted by Crippen LogP contribution is 2.48. The van der Waals surface area contributed by atoms with Gasteiger partial charge in [0.1, 0.15) is 5.75 Å². The summed E-state index contributed by atoms with van der Waals surface area (Å²) in [6, 6.07) is 10.1. The third-order valence-corrected chi connectivity index (χ3v) is 3.45. The molecule has 1 aliphatic carbocycles. The van der Waals surface area contributed by atoms with Crippen molar-refractivity contribution in [2.75, 3.05) is 19.7 Å². The maximum Gasteiger partial charge on any atom is 0.119 e. The molecule has 0 aromatic heterocycles. The second-order valence-corrected chi connectivity index (χ2v) is 4.27. The molecule has 2 aliphatic rings. The summed E-state index contributed by atoms with van der Waals surface area (Å²) in [4.78, 5) is 0. The SMILES string of the molecule is c1ccc(OCC2C3CNCC32)cc1. The van der Waals surface area contributed by atoms with Crippen LogP contribution in [-0.4, -0.2) is 19.7 Å². The molecule has 2 atom stereocenters. The van der Waals surface area contributed by atoms with Crippen LogP contribution in [0.1, 0.15) is 0 Å². The van der Waals surface area contributed by atoms with Gasteiger partial charge in [-0.05, 0) is 37.1 Å². The van der Waals surface area contributed by atoms with Gasteiger partial charge in [0.05, 0.1) is 6.61 Å². The molecule has 0 spiro atoms. The number of piperidine rings is 1. The first-order valence-corrected chi connectivity index (χ1v) is 5.34. The van der Waals surface area contributed by atoms with Gasteiger partial charge in [0.15, 0.2) is 0 Å². The maximum atomic E-state index is 5.74. The predicted octanol–water partition coefficient (Wildman–Crippen LogP) is 1.53. The Morgan fingerprint density at radius 2 is 1.86 bits per heavy atom. The lowest BCUT2D eigenvalue weighted by Crippen LogP contribution is -2.17. The van der Waals surface area contributed by atoms with Gasteiger partial charge in [0, 0.05) is 5.92 Å². The van der Waals surface area contributed by atoms with E-state index in [2.05, 4.69) is 5.32 Å². The Morgan fingerprint density at radius 3 is 2.57 bits per heavy atom. The lowest BCUT2D eigenvalue weighted by atomic mass is 10.3. The van der Waals surface area contributed by atoms with E-state index in [1.807, 2.05) is 30.3 Å². The van der Waals surface area contributed by atoms with Gasteiger partial charge in [-0.25, -0.2) is 0 Å². The van der Waals surface area contributed by atoms with E-state index < -0.39 is 0 Å². The molecule has 2 nitrogen and oxygen atoms in total. The summed E-state index contributed by atoms with van der Waals surface area (Å²) in [6.07, 6.45) is 0. The molecule has 2 heteroatoms. The van der Waals surface area contributed by atoms with Crippen LogP contribution in [0.15, 0.2) is 30.3 Å². The van der Waals surface area contributed by atoms with E-state index in [-0.39, 0.29) is 0 Å². The second kappa shape index (κ2) is 3.28. The van der Waals surface area contributed by atoms with Crippen molar-refractivity contribution in [2.24, 2.45) is 17.8 Å². The lowest BCUT2D eigenvalue weighted by Gasteiger charge is -2.07. The van der Waals surface area contributed by atoms with E-state index >= 15 is 0 Å². The minimum atomic E-state index is 0.816. The van der Waals surface area contributed by atoms with E-state index in [1.54, 1.807) is 0 Å². The fraction of sp³-hybridized carbons (Fsp3) is 0.500. The molecule has 1 saturated heterocycles. The molecule has 1 aromatic carbocycles. The zero-order valence-corrected chi connectivity index (χ0v) is 8.15. The third kappa shape index (κ3) is 1.40. The monoisotopic (exact) mass is 189 g/mol. The van der Waals surface area contributed by atoms with Gasteiger partial charge >= 0.3 is 0 Å². The Morgan fingerprint density at radius 1 is 1.14 bits per heavy atom. The smallest absolute Gasteiger partial charge is 0.119 e. The zero-order valence-electron chi connectivity index (χ0n) is 8.15. The molecular weight excluding hydrogens is 174 g/mol. The number of benzene rings is 1. The van der Waals surface area contributed by atoms with Crippen LogP contribution < -0.4 is 10.1 Å². The summed E-state index contributed by atoms with van der Waals surface area (Å²) in [7, 11) is 0. The quantitative estimate of drug-likeness (QED) is 0.778. The summed E-state index contributed by atoms with van der Waals surface area (Å²) in [5, 5.41) is 3.39. The molecule has 1 N–H and O–H groups in total. The molecule has 0 amide bonds. The summed E-state index contributed by atoms with van der Waals surface area (Å²) < 4.78 is 5.74. The van der Waals surface area contributed by atoms with Gasteiger partial charge in [-0.2, -0.15) is 0 Å². The van der Waals surface area contributed by atoms with Crippen LogP contribution in [0.25, 0.3) is 0 Å². The van der Waals surface area contributed by atoms with Crippen LogP contribution in [0.3, 0.4) is 0 Å². The highest BCUT2D eigenvalue weighted by Gasteiger charge is 2.52. The number of fused-ring (bicyclic) bond motifs is 1. The first-order chi connectivity index (χ1) is 6.95. The standard InChI is InChI=1S/C12H15NO/c1-2-4-9(5-3-1)14-8-12-10-6-13-7-11(10)12/h1-5,10-13H,6-8H2. The molecular formula is C12H15NO. The topological polar surface area (TPSA) is 21.3 Å². The van der Waals surface area contributed by atoms with E-state index in [1.165, 1.54) is 13.1 Å². The molecule has 2 fully saturated rings. The number of para-hydroxylation sites is 1. The van der Waals surface area contributed by atoms with Crippen molar-refractivity contribution in [3.8, 4) is 5.75 Å². The molecule has 1 aromatic rings. The van der Waals surface area contributed by atoms with Gasteiger partial charge in [0.25, 0.3) is 0 Å². The summed E-state index contributed by atoms with van der Waals surface area (Å²) >= 11 is 0. The summed E-state index contributed by atoms with van der Waals surface area (Å²) in [5.41, 5.74) is 0. The Labute approximate surface area is 84.3 Å². The minimum absolute atomic E-state index is 0.816. The maximum absolute atomic E-state index is 5.74. The van der Waals surface area contributed by atoms with Crippen LogP contribution in [0.5, 0.6) is 5.75 Å². The summed E-state index contributed by atoms with van der Waals surface area (Å²) in [5.74, 6) is 3.62. The first-order valence-electron chi connectivity index (χ1n) is 5.34. The molecule has 3 rings (SSSR count). The molecule has 74 valence electrons. The number of hydrogen-bond acceptors (Lipinski definition) is 2. The van der Waals surface area contributed by atoms with Gasteiger partial charge < -0.3 is 10.1 Å². The van der Waals surface area contributed by atoms with Crippen LogP contribution >= 0.6 is 0 Å². The van der Waals surface area contributed by atoms with Crippen molar-refractivity contribution in [1.82, 2.24) is 5.32 Å². The van der Waals surface area contributed by atoms with Crippen molar-refractivity contribution >= 4 is 0 Å². The Kier molecular flexibility index (Phi) is 1.95. The van der Waals surface area contributed by atoms with E-state index in [0.717, 1.165) is 30.1 Å². The fourth-order valence-electron chi connectivity index (χ4n) is 2.50. The van der Waals surface area contributed by atoms with E-state index in [9.17, 15) is 0 Å². The van der Waals surface area contributed by atoms with Gasteiger partial charge in [-0.3, -0.25) is 0 Å². The number of nitrogens with one attached hydrogen (secondary N) is 1. The van der Waals surface area contributed by atoms with E-state index in [4.69, 9.17) is 4.74 Å². The van der Waals surface area contributed by atoms with Gasteiger partial charge in [0.2, 0.25) is 0 Å². The van der Waals surface area contributed by atoms with Crippen molar-refractivity contribution in [2.45, 2.75) is 0 Å². The fourth-order valence-corrected chi connectivity index (χ4v) is 2.50. The average molecular weight is 189 g/mol. The first kappa shape index (κ1) is 8.30. The Balaban J connectivity index is 1.52. The third-order valence-electron chi connectivity index (χ3n) is 3.45. The number of rotatable bonds is 3.